The molecule has 0 aliphatic rings. The summed E-state index contributed by atoms with van der Waals surface area (Å²) in [4.78, 5) is 0. The average molecular weight is 715 g/mol. The Hall–Kier alpha value is -1.33. The molecule has 45 heavy (non-hydrogen) atoms. The van der Waals surface area contributed by atoms with Crippen molar-refractivity contribution in [2.75, 3.05) is 104 Å². The third-order valence-corrected chi connectivity index (χ3v) is 9.01. The van der Waals surface area contributed by atoms with Gasteiger partial charge in [-0.15, -0.1) is 0 Å². The van der Waals surface area contributed by atoms with E-state index in [1.54, 1.807) is 0 Å². The zero-order valence-corrected chi connectivity index (χ0v) is 28.4. The van der Waals surface area contributed by atoms with Crippen LogP contribution in [0.2, 0.25) is 0 Å². The second kappa shape index (κ2) is 26.7. The van der Waals surface area contributed by atoms with Gasteiger partial charge in [0.1, 0.15) is 24.4 Å². The third-order valence-electron chi connectivity index (χ3n) is 5.28. The van der Waals surface area contributed by atoms with Gasteiger partial charge >= 0.3 is 0 Å². The molecule has 3 N–H and O–H groups in total. The van der Waals surface area contributed by atoms with E-state index in [4.69, 9.17) is 48.5 Å². The summed E-state index contributed by atoms with van der Waals surface area (Å²) in [5.74, 6) is -0.774. The van der Waals surface area contributed by atoms with Gasteiger partial charge in [0.25, 0.3) is 0 Å². The fourth-order valence-electron chi connectivity index (χ4n) is 2.72. The van der Waals surface area contributed by atoms with E-state index in [0.29, 0.717) is 0 Å². The maximum absolute atomic E-state index is 11.6. The van der Waals surface area contributed by atoms with Crippen molar-refractivity contribution in [1.29, 1.82) is 0 Å². The highest BCUT2D eigenvalue weighted by atomic mass is 32.2. The van der Waals surface area contributed by atoms with Gasteiger partial charge in [0.15, 0.2) is 29.5 Å². The molecule has 0 heterocycles. The molecule has 0 rings (SSSR count). The molecule has 0 bridgehead atoms. The predicted molar refractivity (Wildman–Crippen MR) is 167 cm³/mol. The van der Waals surface area contributed by atoms with Crippen LogP contribution in [0.25, 0.3) is 0 Å². The molecule has 0 aromatic heterocycles. The maximum Gasteiger partial charge on any atom is 0.173 e. The Morgan fingerprint density at radius 2 is 0.956 bits per heavy atom. The van der Waals surface area contributed by atoms with Crippen LogP contribution in [0.1, 0.15) is 0 Å². The van der Waals surface area contributed by atoms with Crippen LogP contribution < -0.4 is 0 Å². The molecule has 0 amide bonds. The molecule has 4 unspecified atom stereocenters. The Bertz CT molecular complexity index is 1090. The molecule has 0 fully saturated rings. The van der Waals surface area contributed by atoms with Gasteiger partial charge in [-0.25, -0.2) is 25.3 Å². The number of rotatable bonds is 29. The number of hydrogen-bond acceptors (Lipinski definition) is 16. The average Bonchev–Trinajstić information content (AvgIpc) is 3.01. The molecule has 0 spiro atoms. The summed E-state index contributed by atoms with van der Waals surface area (Å²) in [6.07, 6.45) is -2.60. The zero-order valence-electron chi connectivity index (χ0n) is 25.9. The van der Waals surface area contributed by atoms with Crippen LogP contribution >= 0.6 is 0 Å². The summed E-state index contributed by atoms with van der Waals surface area (Å²) in [6.45, 7) is 9.21. The first-order chi connectivity index (χ1) is 21.1. The molecule has 0 aromatic carbocycles. The normalized spacial score (nSPS) is 14.9. The first-order valence-corrected chi connectivity index (χ1v) is 18.7. The molecule has 16 nitrogen and oxygen atoms in total. The van der Waals surface area contributed by atoms with Crippen molar-refractivity contribution in [3.05, 3.63) is 36.0 Å². The fraction of sp³-hybridized carbons (Fsp3) is 0.769. The van der Waals surface area contributed by atoms with Gasteiger partial charge in [-0.3, -0.25) is 0 Å². The minimum atomic E-state index is -3.46. The van der Waals surface area contributed by atoms with Crippen LogP contribution in [0, 0.1) is 0 Å². The molecular weight excluding hydrogens is 664 g/mol. The van der Waals surface area contributed by atoms with Crippen LogP contribution in [0.5, 0.6) is 0 Å². The molecule has 4 atom stereocenters. The number of methoxy groups -OCH3 is 2. The van der Waals surface area contributed by atoms with Crippen molar-refractivity contribution in [3.63, 3.8) is 0 Å². The van der Waals surface area contributed by atoms with Crippen molar-refractivity contribution in [1.82, 2.24) is 0 Å². The monoisotopic (exact) mass is 714 g/mol. The van der Waals surface area contributed by atoms with E-state index in [1.165, 1.54) is 14.2 Å². The van der Waals surface area contributed by atoms with E-state index in [0.717, 1.165) is 16.2 Å². The van der Waals surface area contributed by atoms with Crippen LogP contribution in [-0.2, 0) is 62.7 Å². The Morgan fingerprint density at radius 3 is 1.36 bits per heavy atom. The number of sulfone groups is 3. The number of aliphatic hydroxyl groups excluding tert-OH is 3. The second-order valence-electron chi connectivity index (χ2n) is 9.08. The van der Waals surface area contributed by atoms with E-state index < -0.39 is 53.9 Å². The van der Waals surface area contributed by atoms with Gasteiger partial charge in [-0.1, -0.05) is 19.7 Å². The lowest BCUT2D eigenvalue weighted by Gasteiger charge is -2.22. The van der Waals surface area contributed by atoms with Gasteiger partial charge in [0.05, 0.1) is 89.9 Å². The van der Waals surface area contributed by atoms with Crippen molar-refractivity contribution in [2.45, 2.75) is 24.4 Å². The van der Waals surface area contributed by atoms with E-state index >= 15 is 0 Å². The Labute approximate surface area is 267 Å². The fourth-order valence-corrected chi connectivity index (χ4v) is 4.25. The Balaban J connectivity index is 0. The number of aliphatic hydroxyl groups is 3. The molecule has 0 saturated heterocycles. The molecule has 0 aliphatic carbocycles. The summed E-state index contributed by atoms with van der Waals surface area (Å²) in [5, 5.41) is 28.5. The SMILES string of the molecule is C=CS(=O)(=O)CCOCC(COC)OCC(COCCS(=O)(=O)C=C)OCCS(=O)(=O)C=C.COCC(CO)OCC(O)CO. The minimum absolute atomic E-state index is 0.00505. The molecule has 268 valence electrons. The topological polar surface area (TPSA) is 228 Å². The first kappa shape index (κ1) is 45.8. The third kappa shape index (κ3) is 27.5. The lowest BCUT2D eigenvalue weighted by molar-refractivity contribution is -0.102. The van der Waals surface area contributed by atoms with Gasteiger partial charge < -0.3 is 48.5 Å². The summed E-state index contributed by atoms with van der Waals surface area (Å²) >= 11 is 0. The van der Waals surface area contributed by atoms with Gasteiger partial charge in [0.2, 0.25) is 0 Å². The summed E-state index contributed by atoms with van der Waals surface area (Å²) in [7, 11) is -7.31. The van der Waals surface area contributed by atoms with E-state index in [-0.39, 0.29) is 89.9 Å². The largest absolute Gasteiger partial charge is 0.394 e. The first-order valence-electron chi connectivity index (χ1n) is 13.6. The highest BCUT2D eigenvalue weighted by Gasteiger charge is 2.18. The molecule has 0 radical (unpaired) electrons. The van der Waals surface area contributed by atoms with Crippen LogP contribution in [-0.4, -0.2) is 169 Å². The quantitative estimate of drug-likeness (QED) is 0.0747. The van der Waals surface area contributed by atoms with Crippen LogP contribution in [0.4, 0.5) is 0 Å². The lowest BCUT2D eigenvalue weighted by atomic mass is 10.3. The zero-order chi connectivity index (χ0) is 34.8. The van der Waals surface area contributed by atoms with Gasteiger partial charge in [-0.2, -0.15) is 0 Å². The smallest absolute Gasteiger partial charge is 0.173 e. The highest BCUT2D eigenvalue weighted by molar-refractivity contribution is 7.94. The molecule has 0 saturated carbocycles. The van der Waals surface area contributed by atoms with E-state index in [1.807, 2.05) is 0 Å². The van der Waals surface area contributed by atoms with Gasteiger partial charge in [0, 0.05) is 30.4 Å². The molecule has 0 aromatic rings. The van der Waals surface area contributed by atoms with E-state index in [2.05, 4.69) is 19.7 Å². The number of hydrogen-bond donors (Lipinski definition) is 3. The standard InChI is InChI=1S/C19H34O11S3.C7H16O5/c1-5-31(20,21)11-8-27-15-18(14-26-4)30-17-19(29-10-13-33(24,25)7-3)16-28-9-12-32(22,23)6-2;1-11-5-7(3-9)12-4-6(10)2-8/h5-7,18-19H,1-3,8-17H2,4H3;6-10H,2-5H2,1H3. The van der Waals surface area contributed by atoms with Crippen molar-refractivity contribution in [3.8, 4) is 0 Å². The van der Waals surface area contributed by atoms with Crippen molar-refractivity contribution >= 4 is 29.5 Å². The van der Waals surface area contributed by atoms with Crippen LogP contribution in [0.3, 0.4) is 0 Å². The molecular formula is C26H50O16S3. The van der Waals surface area contributed by atoms with Crippen LogP contribution in [0.15, 0.2) is 36.0 Å². The summed E-state index contributed by atoms with van der Waals surface area (Å²) in [6, 6.07) is 0. The predicted octanol–water partition coefficient (Wildman–Crippen LogP) is -1.53. The maximum atomic E-state index is 11.6. The van der Waals surface area contributed by atoms with Crippen molar-refractivity contribution in [2.24, 2.45) is 0 Å². The van der Waals surface area contributed by atoms with E-state index in [9.17, 15) is 25.3 Å². The highest BCUT2D eigenvalue weighted by Crippen LogP contribution is 2.04. The molecule has 0 aliphatic heterocycles. The lowest BCUT2D eigenvalue weighted by Crippen LogP contribution is -2.34. The van der Waals surface area contributed by atoms with Gasteiger partial charge in [-0.05, 0) is 0 Å². The minimum Gasteiger partial charge on any atom is -0.394 e. The Kier molecular flexibility index (Phi) is 27.2. The Morgan fingerprint density at radius 1 is 0.556 bits per heavy atom. The summed E-state index contributed by atoms with van der Waals surface area (Å²) < 4.78 is 106. The molecule has 19 heteroatoms. The van der Waals surface area contributed by atoms with Crippen molar-refractivity contribution < 1.29 is 73.7 Å². The summed E-state index contributed by atoms with van der Waals surface area (Å²) in [5.41, 5.74) is 0. The second-order valence-corrected chi connectivity index (χ2v) is 15.3. The number of ether oxygens (including phenoxy) is 7.